The Balaban J connectivity index is 1.90. The molecule has 0 radical (unpaired) electrons. The van der Waals surface area contributed by atoms with Crippen LogP contribution in [0.2, 0.25) is 0 Å². The molecular formula is C18H29N. The fraction of sp³-hybridized carbons (Fsp3) is 0.667. The smallest absolute Gasteiger partial charge is 0.0294 e. The maximum atomic E-state index is 3.84. The predicted octanol–water partition coefficient (Wildman–Crippen LogP) is 4.87. The summed E-state index contributed by atoms with van der Waals surface area (Å²) < 4.78 is 0. The average molecular weight is 259 g/mol. The van der Waals surface area contributed by atoms with Gasteiger partial charge in [-0.15, -0.1) is 0 Å². The second-order valence-electron chi connectivity index (χ2n) is 6.12. The molecule has 0 bridgehead atoms. The summed E-state index contributed by atoms with van der Waals surface area (Å²) in [6, 6.07) is 10.3. The molecule has 106 valence electrons. The summed E-state index contributed by atoms with van der Waals surface area (Å²) in [4.78, 5) is 0. The van der Waals surface area contributed by atoms with E-state index in [1.807, 2.05) is 0 Å². The maximum Gasteiger partial charge on any atom is 0.0294 e. The fourth-order valence-corrected chi connectivity index (χ4v) is 3.30. The van der Waals surface area contributed by atoms with E-state index in [1.165, 1.54) is 43.2 Å². The van der Waals surface area contributed by atoms with Crippen molar-refractivity contribution in [1.29, 1.82) is 0 Å². The molecule has 0 heterocycles. The molecule has 1 aromatic rings. The SMILES string of the molecule is CCc1ccc(C(C)NC2CCCC(CC)C2)cc1. The topological polar surface area (TPSA) is 12.0 Å². The molecule has 1 N–H and O–H groups in total. The van der Waals surface area contributed by atoms with Crippen LogP contribution in [0.15, 0.2) is 24.3 Å². The van der Waals surface area contributed by atoms with Crippen molar-refractivity contribution in [2.45, 2.75) is 71.4 Å². The van der Waals surface area contributed by atoms with Crippen LogP contribution in [0.3, 0.4) is 0 Å². The Labute approximate surface area is 118 Å². The molecule has 1 saturated carbocycles. The first-order chi connectivity index (χ1) is 9.22. The van der Waals surface area contributed by atoms with Gasteiger partial charge in [0, 0.05) is 12.1 Å². The van der Waals surface area contributed by atoms with Gasteiger partial charge in [0.1, 0.15) is 0 Å². The molecule has 0 amide bonds. The summed E-state index contributed by atoms with van der Waals surface area (Å²) in [5, 5.41) is 3.84. The lowest BCUT2D eigenvalue weighted by Gasteiger charge is -2.31. The predicted molar refractivity (Wildman–Crippen MR) is 83.4 cm³/mol. The third kappa shape index (κ3) is 4.07. The number of benzene rings is 1. The molecule has 0 aliphatic heterocycles. The standard InChI is InChI=1S/C18H29N/c1-4-15-9-11-17(12-10-15)14(3)19-18-8-6-7-16(5-2)13-18/h9-12,14,16,18-19H,4-8,13H2,1-3H3. The van der Waals surface area contributed by atoms with Crippen molar-refractivity contribution in [3.05, 3.63) is 35.4 Å². The lowest BCUT2D eigenvalue weighted by molar-refractivity contribution is 0.266. The first-order valence-corrected chi connectivity index (χ1v) is 8.07. The highest BCUT2D eigenvalue weighted by Gasteiger charge is 2.22. The van der Waals surface area contributed by atoms with Gasteiger partial charge in [-0.25, -0.2) is 0 Å². The molecule has 1 aliphatic carbocycles. The summed E-state index contributed by atoms with van der Waals surface area (Å²) in [5.41, 5.74) is 2.86. The Hall–Kier alpha value is -0.820. The lowest BCUT2D eigenvalue weighted by Crippen LogP contribution is -2.35. The minimum Gasteiger partial charge on any atom is -0.307 e. The minimum absolute atomic E-state index is 0.478. The van der Waals surface area contributed by atoms with Gasteiger partial charge in [-0.3, -0.25) is 0 Å². The Morgan fingerprint density at radius 2 is 1.89 bits per heavy atom. The van der Waals surface area contributed by atoms with E-state index in [-0.39, 0.29) is 0 Å². The zero-order valence-electron chi connectivity index (χ0n) is 12.8. The number of rotatable bonds is 5. The lowest BCUT2D eigenvalue weighted by atomic mass is 9.84. The summed E-state index contributed by atoms with van der Waals surface area (Å²) in [5.74, 6) is 0.945. The maximum absolute atomic E-state index is 3.84. The molecule has 3 unspecified atom stereocenters. The van der Waals surface area contributed by atoms with E-state index >= 15 is 0 Å². The molecule has 1 nitrogen and oxygen atoms in total. The molecule has 0 aromatic heterocycles. The van der Waals surface area contributed by atoms with Gasteiger partial charge in [-0.2, -0.15) is 0 Å². The Morgan fingerprint density at radius 1 is 1.16 bits per heavy atom. The second kappa shape index (κ2) is 7.09. The summed E-state index contributed by atoms with van der Waals surface area (Å²) in [6.07, 6.45) is 8.04. The Bertz CT molecular complexity index is 368. The van der Waals surface area contributed by atoms with Gasteiger partial charge in [0.15, 0.2) is 0 Å². The van der Waals surface area contributed by atoms with E-state index in [1.54, 1.807) is 0 Å². The largest absolute Gasteiger partial charge is 0.307 e. The van der Waals surface area contributed by atoms with E-state index in [9.17, 15) is 0 Å². The van der Waals surface area contributed by atoms with Crippen molar-refractivity contribution in [2.75, 3.05) is 0 Å². The zero-order chi connectivity index (χ0) is 13.7. The third-order valence-corrected chi connectivity index (χ3v) is 4.73. The molecular weight excluding hydrogens is 230 g/mol. The molecule has 1 aliphatic rings. The summed E-state index contributed by atoms with van der Waals surface area (Å²) >= 11 is 0. The summed E-state index contributed by atoms with van der Waals surface area (Å²) in [7, 11) is 0. The van der Waals surface area contributed by atoms with Crippen LogP contribution >= 0.6 is 0 Å². The van der Waals surface area contributed by atoms with Crippen LogP contribution in [0.5, 0.6) is 0 Å². The molecule has 0 spiro atoms. The van der Waals surface area contributed by atoms with Crippen molar-refractivity contribution < 1.29 is 0 Å². The quantitative estimate of drug-likeness (QED) is 0.795. The number of aryl methyl sites for hydroxylation is 1. The Kier molecular flexibility index (Phi) is 5.45. The van der Waals surface area contributed by atoms with E-state index in [0.717, 1.165) is 18.4 Å². The molecule has 1 aromatic carbocycles. The normalized spacial score (nSPS) is 25.2. The van der Waals surface area contributed by atoms with Crippen LogP contribution < -0.4 is 5.32 Å². The minimum atomic E-state index is 0.478. The molecule has 0 saturated heterocycles. The van der Waals surface area contributed by atoms with Gasteiger partial charge in [0.25, 0.3) is 0 Å². The molecule has 2 rings (SSSR count). The molecule has 1 fully saturated rings. The van der Waals surface area contributed by atoms with Crippen LogP contribution in [0.1, 0.15) is 70.0 Å². The van der Waals surface area contributed by atoms with Crippen LogP contribution in [0, 0.1) is 5.92 Å². The van der Waals surface area contributed by atoms with Crippen molar-refractivity contribution in [1.82, 2.24) is 5.32 Å². The van der Waals surface area contributed by atoms with E-state index in [4.69, 9.17) is 0 Å². The van der Waals surface area contributed by atoms with E-state index in [0.29, 0.717) is 6.04 Å². The zero-order valence-corrected chi connectivity index (χ0v) is 12.8. The van der Waals surface area contributed by atoms with Crippen LogP contribution in [0.4, 0.5) is 0 Å². The Morgan fingerprint density at radius 3 is 2.53 bits per heavy atom. The van der Waals surface area contributed by atoms with Gasteiger partial charge >= 0.3 is 0 Å². The monoisotopic (exact) mass is 259 g/mol. The van der Waals surface area contributed by atoms with Gasteiger partial charge in [-0.05, 0) is 43.2 Å². The third-order valence-electron chi connectivity index (χ3n) is 4.73. The number of hydrogen-bond donors (Lipinski definition) is 1. The highest BCUT2D eigenvalue weighted by atomic mass is 14.9. The molecule has 19 heavy (non-hydrogen) atoms. The highest BCUT2D eigenvalue weighted by molar-refractivity contribution is 5.24. The fourth-order valence-electron chi connectivity index (χ4n) is 3.30. The van der Waals surface area contributed by atoms with Crippen LogP contribution in [0.25, 0.3) is 0 Å². The van der Waals surface area contributed by atoms with Crippen molar-refractivity contribution in [3.63, 3.8) is 0 Å². The van der Waals surface area contributed by atoms with E-state index in [2.05, 4.69) is 50.4 Å². The number of hydrogen-bond acceptors (Lipinski definition) is 1. The average Bonchev–Trinajstić information content (AvgIpc) is 2.47. The van der Waals surface area contributed by atoms with Crippen molar-refractivity contribution in [3.8, 4) is 0 Å². The van der Waals surface area contributed by atoms with Crippen molar-refractivity contribution in [2.24, 2.45) is 5.92 Å². The van der Waals surface area contributed by atoms with Gasteiger partial charge < -0.3 is 5.32 Å². The first-order valence-electron chi connectivity index (χ1n) is 8.07. The molecule has 3 atom stereocenters. The van der Waals surface area contributed by atoms with Gasteiger partial charge in [0.05, 0.1) is 0 Å². The summed E-state index contributed by atoms with van der Waals surface area (Å²) in [6.45, 7) is 6.85. The van der Waals surface area contributed by atoms with Crippen LogP contribution in [-0.4, -0.2) is 6.04 Å². The van der Waals surface area contributed by atoms with E-state index < -0.39 is 0 Å². The molecule has 1 heteroatoms. The number of nitrogens with one attached hydrogen (secondary N) is 1. The van der Waals surface area contributed by atoms with Crippen molar-refractivity contribution >= 4 is 0 Å². The van der Waals surface area contributed by atoms with Crippen LogP contribution in [-0.2, 0) is 6.42 Å². The highest BCUT2D eigenvalue weighted by Crippen LogP contribution is 2.28. The van der Waals surface area contributed by atoms with Gasteiger partial charge in [0.2, 0.25) is 0 Å². The van der Waals surface area contributed by atoms with Gasteiger partial charge in [-0.1, -0.05) is 57.4 Å². The first kappa shape index (κ1) is 14.6. The second-order valence-corrected chi connectivity index (χ2v) is 6.12.